The number of hydrogen-bond acceptors (Lipinski definition) is 1. The molecule has 0 aromatic heterocycles. The van der Waals surface area contributed by atoms with Gasteiger partial charge in [-0.15, -0.1) is 0 Å². The predicted molar refractivity (Wildman–Crippen MR) is 73.8 cm³/mol. The molecule has 0 unspecified atom stereocenters. The summed E-state index contributed by atoms with van der Waals surface area (Å²) >= 11 is 0. The standard InChI is InChI=1S/C14H22OSi/c1-14(2,3)16(4,5)15-12-11-13-9-7-6-8-10-13/h6-12H,1-5H3. The molecule has 0 heterocycles. The first kappa shape index (κ1) is 13.0. The van der Waals surface area contributed by atoms with Gasteiger partial charge in [-0.3, -0.25) is 0 Å². The van der Waals surface area contributed by atoms with Gasteiger partial charge in [-0.25, -0.2) is 0 Å². The summed E-state index contributed by atoms with van der Waals surface area (Å²) in [7, 11) is -1.65. The van der Waals surface area contributed by atoms with Gasteiger partial charge < -0.3 is 4.43 Å². The lowest BCUT2D eigenvalue weighted by Gasteiger charge is -2.34. The Morgan fingerprint density at radius 2 is 1.62 bits per heavy atom. The van der Waals surface area contributed by atoms with E-state index in [-0.39, 0.29) is 5.04 Å². The molecule has 0 radical (unpaired) electrons. The van der Waals surface area contributed by atoms with Crippen molar-refractivity contribution < 1.29 is 4.43 Å². The van der Waals surface area contributed by atoms with Crippen molar-refractivity contribution in [3.05, 3.63) is 42.2 Å². The summed E-state index contributed by atoms with van der Waals surface area (Å²) in [6.45, 7) is 11.2. The van der Waals surface area contributed by atoms with Gasteiger partial charge in [-0.2, -0.15) is 0 Å². The second-order valence-corrected chi connectivity index (χ2v) is 10.3. The lowest BCUT2D eigenvalue weighted by molar-refractivity contribution is 0.433. The van der Waals surface area contributed by atoms with Gasteiger partial charge in [-0.1, -0.05) is 51.1 Å². The summed E-state index contributed by atoms with van der Waals surface area (Å²) in [6, 6.07) is 10.2. The third kappa shape index (κ3) is 3.53. The van der Waals surface area contributed by atoms with Gasteiger partial charge >= 0.3 is 0 Å². The van der Waals surface area contributed by atoms with Crippen molar-refractivity contribution >= 4 is 14.4 Å². The highest BCUT2D eigenvalue weighted by molar-refractivity contribution is 6.74. The van der Waals surface area contributed by atoms with Gasteiger partial charge in [0.1, 0.15) is 0 Å². The normalized spacial score (nSPS) is 13.1. The first-order valence-electron chi connectivity index (χ1n) is 5.72. The molecular formula is C14H22OSi. The predicted octanol–water partition coefficient (Wildman–Crippen LogP) is 4.68. The van der Waals surface area contributed by atoms with E-state index >= 15 is 0 Å². The summed E-state index contributed by atoms with van der Waals surface area (Å²) in [6.07, 6.45) is 3.88. The highest BCUT2D eigenvalue weighted by atomic mass is 28.4. The van der Waals surface area contributed by atoms with E-state index in [2.05, 4.69) is 46.0 Å². The maximum absolute atomic E-state index is 5.96. The fraction of sp³-hybridized carbons (Fsp3) is 0.429. The van der Waals surface area contributed by atoms with Gasteiger partial charge in [0.15, 0.2) is 0 Å². The molecule has 0 bridgehead atoms. The molecule has 0 fully saturated rings. The highest BCUT2D eigenvalue weighted by Gasteiger charge is 2.37. The van der Waals surface area contributed by atoms with Crippen molar-refractivity contribution in [1.29, 1.82) is 0 Å². The Kier molecular flexibility index (Phi) is 3.97. The summed E-state index contributed by atoms with van der Waals surface area (Å²) in [5, 5.41) is 0.258. The first-order valence-corrected chi connectivity index (χ1v) is 8.63. The van der Waals surface area contributed by atoms with E-state index in [0.717, 1.165) is 0 Å². The van der Waals surface area contributed by atoms with E-state index in [9.17, 15) is 0 Å². The van der Waals surface area contributed by atoms with Gasteiger partial charge in [0.25, 0.3) is 0 Å². The van der Waals surface area contributed by atoms with Crippen molar-refractivity contribution in [3.8, 4) is 0 Å². The molecule has 0 spiro atoms. The van der Waals surface area contributed by atoms with Crippen LogP contribution in [-0.4, -0.2) is 8.32 Å². The molecule has 0 aliphatic carbocycles. The Balaban J connectivity index is 2.62. The van der Waals surface area contributed by atoms with E-state index < -0.39 is 8.32 Å². The fourth-order valence-corrected chi connectivity index (χ4v) is 1.79. The number of rotatable bonds is 3. The minimum atomic E-state index is -1.65. The van der Waals surface area contributed by atoms with Crippen LogP contribution in [-0.2, 0) is 4.43 Å². The lowest BCUT2D eigenvalue weighted by atomic mass is 10.2. The molecule has 0 saturated heterocycles. The monoisotopic (exact) mass is 234 g/mol. The molecule has 0 saturated carbocycles. The van der Waals surface area contributed by atoms with Gasteiger partial charge in [0.2, 0.25) is 8.32 Å². The quantitative estimate of drug-likeness (QED) is 0.545. The van der Waals surface area contributed by atoms with Gasteiger partial charge in [0.05, 0.1) is 6.26 Å². The maximum Gasteiger partial charge on any atom is 0.249 e. The second-order valence-electron chi connectivity index (χ2n) is 5.59. The molecular weight excluding hydrogens is 212 g/mol. The zero-order chi connectivity index (χ0) is 12.2. The Morgan fingerprint density at radius 3 is 2.12 bits per heavy atom. The van der Waals surface area contributed by atoms with Gasteiger partial charge in [0, 0.05) is 0 Å². The lowest BCUT2D eigenvalue weighted by Crippen LogP contribution is -2.39. The molecule has 88 valence electrons. The Hall–Kier alpha value is -1.02. The molecule has 1 nitrogen and oxygen atoms in total. The average Bonchev–Trinajstić information content (AvgIpc) is 2.17. The molecule has 1 rings (SSSR count). The minimum absolute atomic E-state index is 0.258. The zero-order valence-corrected chi connectivity index (χ0v) is 11.9. The SMILES string of the molecule is CC(C)(C)[Si](C)(C)OC=Cc1ccccc1. The molecule has 1 aromatic rings. The highest BCUT2D eigenvalue weighted by Crippen LogP contribution is 2.36. The molecule has 0 N–H and O–H groups in total. The third-order valence-electron chi connectivity index (χ3n) is 3.23. The topological polar surface area (TPSA) is 9.23 Å². The largest absolute Gasteiger partial charge is 0.549 e. The van der Waals surface area contributed by atoms with Gasteiger partial charge in [-0.05, 0) is 29.8 Å². The van der Waals surface area contributed by atoms with E-state index in [0.29, 0.717) is 0 Å². The van der Waals surface area contributed by atoms with Crippen molar-refractivity contribution in [2.75, 3.05) is 0 Å². The zero-order valence-electron chi connectivity index (χ0n) is 10.9. The van der Waals surface area contributed by atoms with Crippen molar-refractivity contribution in [3.63, 3.8) is 0 Å². The number of benzene rings is 1. The first-order chi connectivity index (χ1) is 7.33. The molecule has 0 atom stereocenters. The molecule has 1 aromatic carbocycles. The van der Waals surface area contributed by atoms with Crippen molar-refractivity contribution in [2.45, 2.75) is 38.9 Å². The Morgan fingerprint density at radius 1 is 1.06 bits per heavy atom. The number of hydrogen-bond donors (Lipinski definition) is 0. The second kappa shape index (κ2) is 4.87. The van der Waals surface area contributed by atoms with Crippen LogP contribution in [0.2, 0.25) is 18.1 Å². The molecule has 16 heavy (non-hydrogen) atoms. The molecule has 0 aliphatic heterocycles. The summed E-state index contributed by atoms with van der Waals surface area (Å²) in [5.41, 5.74) is 1.18. The van der Waals surface area contributed by atoms with Crippen LogP contribution in [0.4, 0.5) is 0 Å². The summed E-state index contributed by atoms with van der Waals surface area (Å²) in [4.78, 5) is 0. The van der Waals surface area contributed by atoms with Crippen LogP contribution in [0.15, 0.2) is 36.6 Å². The fourth-order valence-electron chi connectivity index (χ4n) is 1.02. The van der Waals surface area contributed by atoms with E-state index in [1.165, 1.54) is 5.56 Å². The average molecular weight is 234 g/mol. The summed E-state index contributed by atoms with van der Waals surface area (Å²) < 4.78 is 5.96. The van der Waals surface area contributed by atoms with Crippen molar-refractivity contribution in [2.24, 2.45) is 0 Å². The van der Waals surface area contributed by atoms with Crippen LogP contribution in [0.5, 0.6) is 0 Å². The Bertz CT molecular complexity index is 347. The van der Waals surface area contributed by atoms with E-state index in [1.807, 2.05) is 30.5 Å². The Labute approximate surface area is 100 Å². The van der Waals surface area contributed by atoms with E-state index in [1.54, 1.807) is 0 Å². The minimum Gasteiger partial charge on any atom is -0.549 e. The van der Waals surface area contributed by atoms with Crippen LogP contribution >= 0.6 is 0 Å². The smallest absolute Gasteiger partial charge is 0.249 e. The van der Waals surface area contributed by atoms with Crippen LogP contribution in [0.3, 0.4) is 0 Å². The van der Waals surface area contributed by atoms with Crippen LogP contribution in [0, 0.1) is 0 Å². The summed E-state index contributed by atoms with van der Waals surface area (Å²) in [5.74, 6) is 0. The van der Waals surface area contributed by atoms with Crippen molar-refractivity contribution in [1.82, 2.24) is 0 Å². The molecule has 2 heteroatoms. The third-order valence-corrected chi connectivity index (χ3v) is 7.57. The maximum atomic E-state index is 5.96. The van der Waals surface area contributed by atoms with E-state index in [4.69, 9.17) is 4.43 Å². The molecule has 0 aliphatic rings. The van der Waals surface area contributed by atoms with Crippen LogP contribution < -0.4 is 0 Å². The van der Waals surface area contributed by atoms with Crippen LogP contribution in [0.1, 0.15) is 26.3 Å². The van der Waals surface area contributed by atoms with Crippen LogP contribution in [0.25, 0.3) is 6.08 Å². The molecule has 0 amide bonds.